The van der Waals surface area contributed by atoms with E-state index in [0.29, 0.717) is 5.69 Å². The van der Waals surface area contributed by atoms with Gasteiger partial charge in [-0.3, -0.25) is 9.20 Å². The minimum atomic E-state index is -5.32. The van der Waals surface area contributed by atoms with E-state index in [1.54, 1.807) is 19.2 Å². The number of nitrogens with zero attached hydrogens (tertiary/aromatic N) is 2. The average Bonchev–Trinajstić information content (AvgIpc) is 3.14. The smallest absolute Gasteiger partial charge is 0.485 e. The zero-order valence-electron chi connectivity index (χ0n) is 20.4. The predicted octanol–water partition coefficient (Wildman–Crippen LogP) is 4.21. The molecule has 204 valence electrons. The SMILES string of the molecule is Cc1nc2c(OCc3c(F)cccc3F)cccn2c1C(=O)NCCC(C)(C)NC(=O)OC(=O)C(F)(F)F. The van der Waals surface area contributed by atoms with E-state index in [2.05, 4.69) is 20.4 Å². The van der Waals surface area contributed by atoms with Crippen molar-refractivity contribution in [2.75, 3.05) is 6.54 Å². The lowest BCUT2D eigenvalue weighted by atomic mass is 10.0. The fourth-order valence-corrected chi connectivity index (χ4v) is 3.44. The summed E-state index contributed by atoms with van der Waals surface area (Å²) in [7, 11) is 0. The Morgan fingerprint density at radius 1 is 1.05 bits per heavy atom. The first-order valence-electron chi connectivity index (χ1n) is 11.1. The Bertz CT molecular complexity index is 1350. The van der Waals surface area contributed by atoms with Crippen LogP contribution in [0.1, 0.15) is 42.0 Å². The first-order valence-corrected chi connectivity index (χ1v) is 11.1. The van der Waals surface area contributed by atoms with Gasteiger partial charge in [-0.05, 0) is 51.5 Å². The fourth-order valence-electron chi connectivity index (χ4n) is 3.44. The predicted molar refractivity (Wildman–Crippen MR) is 122 cm³/mol. The number of pyridine rings is 1. The molecule has 3 rings (SSSR count). The van der Waals surface area contributed by atoms with Gasteiger partial charge in [-0.25, -0.2) is 23.4 Å². The molecule has 0 aliphatic carbocycles. The third-order valence-corrected chi connectivity index (χ3v) is 5.33. The lowest BCUT2D eigenvalue weighted by molar-refractivity contribution is -0.193. The second kappa shape index (κ2) is 11.0. The van der Waals surface area contributed by atoms with E-state index in [4.69, 9.17) is 4.74 Å². The molecule has 2 aromatic heterocycles. The molecule has 2 heterocycles. The molecule has 0 fully saturated rings. The first kappa shape index (κ1) is 28.3. The van der Waals surface area contributed by atoms with Gasteiger partial charge in [0.2, 0.25) is 0 Å². The van der Waals surface area contributed by atoms with Gasteiger partial charge in [0.1, 0.15) is 23.9 Å². The summed E-state index contributed by atoms with van der Waals surface area (Å²) in [5.74, 6) is -4.57. The summed E-state index contributed by atoms with van der Waals surface area (Å²) in [5, 5.41) is 4.76. The second-order valence-electron chi connectivity index (χ2n) is 8.79. The molecule has 0 bridgehead atoms. The molecule has 1 aromatic carbocycles. The Balaban J connectivity index is 1.65. The van der Waals surface area contributed by atoms with E-state index < -0.39 is 47.9 Å². The number of aryl methyl sites for hydroxylation is 1. The number of carbonyl (C=O) groups is 3. The third-order valence-electron chi connectivity index (χ3n) is 5.33. The molecule has 9 nitrogen and oxygen atoms in total. The Hall–Kier alpha value is -4.23. The van der Waals surface area contributed by atoms with Gasteiger partial charge in [0, 0.05) is 18.3 Å². The number of alkyl carbamates (subject to hydrolysis) is 1. The van der Waals surface area contributed by atoms with Crippen LogP contribution in [0.4, 0.5) is 26.7 Å². The molecule has 0 saturated heterocycles. The number of carbonyl (C=O) groups excluding carboxylic acids is 3. The number of halogens is 5. The number of fused-ring (bicyclic) bond motifs is 1. The number of ether oxygens (including phenoxy) is 2. The number of hydrogen-bond acceptors (Lipinski definition) is 6. The van der Waals surface area contributed by atoms with E-state index >= 15 is 0 Å². The van der Waals surface area contributed by atoms with Gasteiger partial charge in [-0.1, -0.05) is 6.07 Å². The van der Waals surface area contributed by atoms with Crippen molar-refractivity contribution in [2.24, 2.45) is 0 Å². The lowest BCUT2D eigenvalue weighted by Gasteiger charge is -2.25. The molecule has 2 N–H and O–H groups in total. The van der Waals surface area contributed by atoms with Crippen LogP contribution in [0.3, 0.4) is 0 Å². The van der Waals surface area contributed by atoms with Crippen LogP contribution in [-0.4, -0.2) is 45.6 Å². The molecular formula is C24H23F5N4O5. The van der Waals surface area contributed by atoms with Crippen LogP contribution in [0.25, 0.3) is 5.65 Å². The van der Waals surface area contributed by atoms with Crippen molar-refractivity contribution in [3.63, 3.8) is 0 Å². The van der Waals surface area contributed by atoms with Gasteiger partial charge in [-0.2, -0.15) is 13.2 Å². The minimum absolute atomic E-state index is 0.0191. The number of hydrogen-bond donors (Lipinski definition) is 2. The van der Waals surface area contributed by atoms with E-state index in [1.807, 2.05) is 0 Å². The summed E-state index contributed by atoms with van der Waals surface area (Å²) in [6.07, 6.45) is -5.30. The van der Waals surface area contributed by atoms with Gasteiger partial charge in [-0.15, -0.1) is 0 Å². The summed E-state index contributed by atoms with van der Waals surface area (Å²) in [6, 6.07) is 6.52. The van der Waals surface area contributed by atoms with Crippen LogP contribution < -0.4 is 15.4 Å². The van der Waals surface area contributed by atoms with Crippen molar-refractivity contribution >= 4 is 23.6 Å². The van der Waals surface area contributed by atoms with E-state index in [-0.39, 0.29) is 35.6 Å². The maximum Gasteiger partial charge on any atom is 0.491 e. The van der Waals surface area contributed by atoms with E-state index in [1.165, 1.54) is 30.4 Å². The summed E-state index contributed by atoms with van der Waals surface area (Å²) in [6.45, 7) is 4.06. The molecule has 2 amide bonds. The number of aromatic nitrogens is 2. The molecular weight excluding hydrogens is 519 g/mol. The zero-order valence-corrected chi connectivity index (χ0v) is 20.4. The van der Waals surface area contributed by atoms with Crippen molar-refractivity contribution in [3.8, 4) is 5.75 Å². The van der Waals surface area contributed by atoms with Gasteiger partial charge in [0.05, 0.1) is 11.3 Å². The second-order valence-corrected chi connectivity index (χ2v) is 8.79. The lowest BCUT2D eigenvalue weighted by Crippen LogP contribution is -2.47. The highest BCUT2D eigenvalue weighted by Gasteiger charge is 2.43. The van der Waals surface area contributed by atoms with Gasteiger partial charge >= 0.3 is 18.2 Å². The Labute approximate surface area is 212 Å². The van der Waals surface area contributed by atoms with E-state index in [0.717, 1.165) is 12.1 Å². The fraction of sp³-hybridized carbons (Fsp3) is 0.333. The van der Waals surface area contributed by atoms with Crippen molar-refractivity contribution in [3.05, 3.63) is 65.1 Å². The van der Waals surface area contributed by atoms with Crippen molar-refractivity contribution in [1.29, 1.82) is 0 Å². The Morgan fingerprint density at radius 3 is 2.34 bits per heavy atom. The molecule has 0 saturated carbocycles. The number of esters is 1. The maximum atomic E-state index is 13.9. The van der Waals surface area contributed by atoms with Crippen LogP contribution in [-0.2, 0) is 16.1 Å². The minimum Gasteiger partial charge on any atom is -0.485 e. The molecule has 0 unspecified atom stereocenters. The first-order chi connectivity index (χ1) is 17.7. The quantitative estimate of drug-likeness (QED) is 0.251. The van der Waals surface area contributed by atoms with E-state index in [9.17, 15) is 36.3 Å². The molecule has 0 aliphatic heterocycles. The Kier molecular flexibility index (Phi) is 8.22. The number of rotatable bonds is 8. The number of amides is 2. The summed E-state index contributed by atoms with van der Waals surface area (Å²) in [5.41, 5.74) is -0.719. The van der Waals surface area contributed by atoms with Crippen LogP contribution in [0.5, 0.6) is 5.75 Å². The van der Waals surface area contributed by atoms with Crippen LogP contribution in [0.2, 0.25) is 0 Å². The zero-order chi connectivity index (χ0) is 28.3. The highest BCUT2D eigenvalue weighted by Crippen LogP contribution is 2.24. The molecule has 0 aliphatic rings. The monoisotopic (exact) mass is 542 g/mol. The molecule has 0 atom stereocenters. The highest BCUT2D eigenvalue weighted by molar-refractivity contribution is 5.95. The number of nitrogens with one attached hydrogen (secondary N) is 2. The number of benzene rings is 1. The van der Waals surface area contributed by atoms with Gasteiger partial charge in [0.15, 0.2) is 11.4 Å². The average molecular weight is 542 g/mol. The normalized spacial score (nSPS) is 11.8. The van der Waals surface area contributed by atoms with Crippen molar-refractivity contribution in [2.45, 2.75) is 45.5 Å². The van der Waals surface area contributed by atoms with Gasteiger partial charge in [0.25, 0.3) is 5.91 Å². The topological polar surface area (TPSA) is 111 Å². The molecule has 3 aromatic rings. The highest BCUT2D eigenvalue weighted by atomic mass is 19.4. The number of imidazole rings is 1. The maximum absolute atomic E-state index is 13.9. The molecule has 38 heavy (non-hydrogen) atoms. The van der Waals surface area contributed by atoms with Crippen molar-refractivity contribution < 1.29 is 45.8 Å². The molecule has 14 heteroatoms. The Morgan fingerprint density at radius 2 is 1.71 bits per heavy atom. The molecule has 0 radical (unpaired) electrons. The van der Waals surface area contributed by atoms with Crippen LogP contribution in [0, 0.1) is 18.6 Å². The van der Waals surface area contributed by atoms with Crippen molar-refractivity contribution in [1.82, 2.24) is 20.0 Å². The largest absolute Gasteiger partial charge is 0.491 e. The third kappa shape index (κ3) is 6.75. The number of alkyl halides is 3. The summed E-state index contributed by atoms with van der Waals surface area (Å²) < 4.78 is 75.3. The van der Waals surface area contributed by atoms with Crippen LogP contribution >= 0.6 is 0 Å². The summed E-state index contributed by atoms with van der Waals surface area (Å²) in [4.78, 5) is 39.6. The van der Waals surface area contributed by atoms with Gasteiger partial charge < -0.3 is 20.1 Å². The van der Waals surface area contributed by atoms with Crippen LogP contribution in [0.15, 0.2) is 36.5 Å². The molecule has 0 spiro atoms. The summed E-state index contributed by atoms with van der Waals surface area (Å²) >= 11 is 0. The standard InChI is InChI=1S/C24H23F5N4O5/c1-13-18(20(34)30-10-9-23(2,3)32-22(36)38-21(35)24(27,28)29)33-11-5-8-17(19(33)31-13)37-12-14-15(25)6-4-7-16(14)26/h4-8,11H,9-10,12H2,1-3H3,(H,30,34)(H,32,36).